The van der Waals surface area contributed by atoms with E-state index < -0.39 is 9.84 Å². The normalized spacial score (nSPS) is 11.3. The van der Waals surface area contributed by atoms with Crippen LogP contribution in [0.25, 0.3) is 11.3 Å². The van der Waals surface area contributed by atoms with Crippen LogP contribution in [0.2, 0.25) is 0 Å². The summed E-state index contributed by atoms with van der Waals surface area (Å²) >= 11 is 0. The van der Waals surface area contributed by atoms with Crippen LogP contribution in [0.1, 0.15) is 5.56 Å². The number of nitrogens with one attached hydrogen (secondary N) is 1. The van der Waals surface area contributed by atoms with Crippen molar-refractivity contribution >= 4 is 9.84 Å². The molecule has 3 rings (SSSR count). The highest BCUT2D eigenvalue weighted by atomic mass is 32.2. The lowest BCUT2D eigenvalue weighted by molar-refractivity contribution is 0.308. The Morgan fingerprint density at radius 2 is 1.57 bits per heavy atom. The monoisotopic (exact) mass is 327 g/mol. The first kappa shape index (κ1) is 15.4. The molecule has 23 heavy (non-hydrogen) atoms. The standard InChI is InChI=1S/C18H17NO3S/c1-23(20,21)17-12-16(22-13-14-8-4-2-5-9-14)18(19-17)15-10-6-3-7-11-15/h2-12,19H,13H2,1H3. The van der Waals surface area contributed by atoms with Crippen molar-refractivity contribution in [2.24, 2.45) is 0 Å². The van der Waals surface area contributed by atoms with Gasteiger partial charge in [-0.1, -0.05) is 60.7 Å². The van der Waals surface area contributed by atoms with Gasteiger partial charge >= 0.3 is 0 Å². The van der Waals surface area contributed by atoms with E-state index in [2.05, 4.69) is 4.98 Å². The van der Waals surface area contributed by atoms with Crippen LogP contribution in [-0.4, -0.2) is 19.7 Å². The van der Waals surface area contributed by atoms with Gasteiger partial charge in [0.25, 0.3) is 0 Å². The number of H-pyrrole nitrogens is 1. The van der Waals surface area contributed by atoms with Gasteiger partial charge in [-0.25, -0.2) is 8.42 Å². The number of benzene rings is 2. The molecule has 1 N–H and O–H groups in total. The third-order valence-corrected chi connectivity index (χ3v) is 4.47. The van der Waals surface area contributed by atoms with E-state index >= 15 is 0 Å². The Morgan fingerprint density at radius 3 is 2.17 bits per heavy atom. The van der Waals surface area contributed by atoms with E-state index in [4.69, 9.17) is 4.74 Å². The fraction of sp³-hybridized carbons (Fsp3) is 0.111. The van der Waals surface area contributed by atoms with Gasteiger partial charge in [-0.2, -0.15) is 0 Å². The van der Waals surface area contributed by atoms with E-state index in [1.54, 1.807) is 6.07 Å². The molecule has 0 unspecified atom stereocenters. The summed E-state index contributed by atoms with van der Waals surface area (Å²) in [6, 6.07) is 20.8. The van der Waals surface area contributed by atoms with Crippen LogP contribution in [0.5, 0.6) is 5.75 Å². The molecule has 0 fully saturated rings. The first-order chi connectivity index (χ1) is 11.0. The molecule has 0 aliphatic carbocycles. The average molecular weight is 327 g/mol. The summed E-state index contributed by atoms with van der Waals surface area (Å²) in [6.45, 7) is 0.377. The molecule has 3 aromatic rings. The van der Waals surface area contributed by atoms with Crippen molar-refractivity contribution in [2.75, 3.05) is 6.26 Å². The molecule has 0 spiro atoms. The van der Waals surface area contributed by atoms with Crippen LogP contribution in [0, 0.1) is 0 Å². The van der Waals surface area contributed by atoms with Crippen molar-refractivity contribution < 1.29 is 13.2 Å². The van der Waals surface area contributed by atoms with E-state index in [-0.39, 0.29) is 5.03 Å². The fourth-order valence-electron chi connectivity index (χ4n) is 2.28. The second-order valence-corrected chi connectivity index (χ2v) is 7.27. The highest BCUT2D eigenvalue weighted by Gasteiger charge is 2.17. The van der Waals surface area contributed by atoms with Crippen LogP contribution in [0.3, 0.4) is 0 Å². The Bertz CT molecular complexity index is 885. The topological polar surface area (TPSA) is 59.2 Å². The molecular formula is C18H17NO3S. The first-order valence-electron chi connectivity index (χ1n) is 7.19. The summed E-state index contributed by atoms with van der Waals surface area (Å²) in [6.07, 6.45) is 1.18. The van der Waals surface area contributed by atoms with Crippen molar-refractivity contribution in [3.05, 3.63) is 72.3 Å². The lowest BCUT2D eigenvalue weighted by Crippen LogP contribution is -1.96. The SMILES string of the molecule is CS(=O)(=O)c1cc(OCc2ccccc2)c(-c2ccccc2)[nH]1. The predicted molar refractivity (Wildman–Crippen MR) is 90.1 cm³/mol. The van der Waals surface area contributed by atoms with Crippen molar-refractivity contribution in [3.8, 4) is 17.0 Å². The van der Waals surface area contributed by atoms with Crippen LogP contribution in [0.4, 0.5) is 0 Å². The molecule has 0 saturated carbocycles. The second kappa shape index (κ2) is 6.30. The summed E-state index contributed by atoms with van der Waals surface area (Å²) < 4.78 is 29.5. The Kier molecular flexibility index (Phi) is 4.21. The zero-order valence-electron chi connectivity index (χ0n) is 12.7. The van der Waals surface area contributed by atoms with Crippen LogP contribution in [-0.2, 0) is 16.4 Å². The number of aromatic nitrogens is 1. The van der Waals surface area contributed by atoms with Crippen molar-refractivity contribution in [1.29, 1.82) is 0 Å². The second-order valence-electron chi connectivity index (χ2n) is 5.29. The van der Waals surface area contributed by atoms with Crippen molar-refractivity contribution in [3.63, 3.8) is 0 Å². The lowest BCUT2D eigenvalue weighted by Gasteiger charge is -2.07. The third-order valence-electron chi connectivity index (χ3n) is 3.46. The van der Waals surface area contributed by atoms with Gasteiger partial charge in [-0.05, 0) is 5.56 Å². The largest absolute Gasteiger partial charge is 0.487 e. The highest BCUT2D eigenvalue weighted by Crippen LogP contribution is 2.32. The molecule has 5 heteroatoms. The molecule has 0 saturated heterocycles. The smallest absolute Gasteiger partial charge is 0.190 e. The average Bonchev–Trinajstić information content (AvgIpc) is 2.99. The number of hydrogen-bond acceptors (Lipinski definition) is 3. The molecular weight excluding hydrogens is 310 g/mol. The van der Waals surface area contributed by atoms with E-state index in [1.807, 2.05) is 60.7 Å². The number of hydrogen-bond donors (Lipinski definition) is 1. The van der Waals surface area contributed by atoms with Gasteiger partial charge in [0, 0.05) is 17.9 Å². The zero-order valence-corrected chi connectivity index (χ0v) is 13.5. The molecule has 0 amide bonds. The maximum absolute atomic E-state index is 11.8. The van der Waals surface area contributed by atoms with Crippen LogP contribution in [0.15, 0.2) is 71.8 Å². The van der Waals surface area contributed by atoms with Gasteiger partial charge in [-0.3, -0.25) is 0 Å². The van der Waals surface area contributed by atoms with E-state index in [9.17, 15) is 8.42 Å². The Balaban J connectivity index is 1.96. The molecule has 4 nitrogen and oxygen atoms in total. The molecule has 0 atom stereocenters. The minimum absolute atomic E-state index is 0.152. The van der Waals surface area contributed by atoms with Gasteiger partial charge in [0.05, 0.1) is 5.69 Å². The van der Waals surface area contributed by atoms with Gasteiger partial charge < -0.3 is 9.72 Å². The van der Waals surface area contributed by atoms with Crippen molar-refractivity contribution in [2.45, 2.75) is 11.6 Å². The van der Waals surface area contributed by atoms with Gasteiger partial charge in [-0.15, -0.1) is 0 Å². The number of sulfone groups is 1. The maximum atomic E-state index is 11.8. The minimum Gasteiger partial charge on any atom is -0.487 e. The third kappa shape index (κ3) is 3.63. The lowest BCUT2D eigenvalue weighted by atomic mass is 10.1. The Morgan fingerprint density at radius 1 is 0.957 bits per heavy atom. The fourth-order valence-corrected chi connectivity index (χ4v) is 2.89. The predicted octanol–water partition coefficient (Wildman–Crippen LogP) is 3.66. The molecule has 0 bridgehead atoms. The number of aromatic amines is 1. The van der Waals surface area contributed by atoms with Crippen molar-refractivity contribution in [1.82, 2.24) is 4.98 Å². The van der Waals surface area contributed by atoms with E-state index in [0.29, 0.717) is 18.1 Å². The summed E-state index contributed by atoms with van der Waals surface area (Å²) in [4.78, 5) is 2.96. The Labute approximate surface area is 135 Å². The van der Waals surface area contributed by atoms with E-state index in [1.165, 1.54) is 6.26 Å². The number of rotatable bonds is 5. The van der Waals surface area contributed by atoms with Gasteiger partial charge in [0.1, 0.15) is 17.4 Å². The van der Waals surface area contributed by atoms with Gasteiger partial charge in [0.15, 0.2) is 9.84 Å². The summed E-state index contributed by atoms with van der Waals surface area (Å²) in [5.41, 5.74) is 2.57. The summed E-state index contributed by atoms with van der Waals surface area (Å²) in [5.74, 6) is 0.528. The molecule has 0 radical (unpaired) electrons. The quantitative estimate of drug-likeness (QED) is 0.778. The molecule has 118 valence electrons. The van der Waals surface area contributed by atoms with Crippen LogP contribution < -0.4 is 4.74 Å². The molecule has 0 aliphatic rings. The molecule has 2 aromatic carbocycles. The molecule has 1 aromatic heterocycles. The van der Waals surface area contributed by atoms with E-state index in [0.717, 1.165) is 11.1 Å². The Hall–Kier alpha value is -2.53. The minimum atomic E-state index is -3.33. The van der Waals surface area contributed by atoms with Gasteiger partial charge in [0.2, 0.25) is 0 Å². The highest BCUT2D eigenvalue weighted by molar-refractivity contribution is 7.90. The molecule has 1 heterocycles. The summed E-state index contributed by atoms with van der Waals surface area (Å²) in [7, 11) is -3.33. The van der Waals surface area contributed by atoms with Crippen LogP contribution >= 0.6 is 0 Å². The molecule has 0 aliphatic heterocycles. The first-order valence-corrected chi connectivity index (χ1v) is 9.08. The number of ether oxygens (including phenoxy) is 1. The zero-order chi connectivity index (χ0) is 16.3. The maximum Gasteiger partial charge on any atom is 0.190 e. The summed E-state index contributed by atoms with van der Waals surface area (Å²) in [5, 5.41) is 0.152.